The zero-order valence-corrected chi connectivity index (χ0v) is 13.6. The molecule has 1 N–H and O–H groups in total. The summed E-state index contributed by atoms with van der Waals surface area (Å²) in [5.41, 5.74) is 0. The molecule has 2 fully saturated rings. The molecule has 1 aromatic rings. The van der Waals surface area contributed by atoms with Crippen molar-refractivity contribution in [1.82, 2.24) is 19.6 Å². The fraction of sp³-hybridized carbons (Fsp3) is 0.615. The van der Waals surface area contributed by atoms with Crippen molar-refractivity contribution in [2.45, 2.75) is 18.5 Å². The van der Waals surface area contributed by atoms with Crippen LogP contribution in [0.1, 0.15) is 6.42 Å². The lowest BCUT2D eigenvalue weighted by molar-refractivity contribution is -0.123. The van der Waals surface area contributed by atoms with Gasteiger partial charge in [0.05, 0.1) is 18.6 Å². The number of hydrogen-bond donors (Lipinski definition) is 1. The number of anilines is 1. The van der Waals surface area contributed by atoms with Gasteiger partial charge in [-0.2, -0.15) is 4.31 Å². The Hall–Kier alpha value is -1.81. The van der Waals surface area contributed by atoms with E-state index in [0.29, 0.717) is 25.5 Å². The molecule has 2 aliphatic heterocycles. The van der Waals surface area contributed by atoms with Gasteiger partial charge in [-0.1, -0.05) is 0 Å². The summed E-state index contributed by atoms with van der Waals surface area (Å²) in [5.74, 6) is -0.439. The summed E-state index contributed by atoms with van der Waals surface area (Å²) in [6.07, 6.45) is 3.73. The van der Waals surface area contributed by atoms with Gasteiger partial charge < -0.3 is 10.2 Å². The number of fused-ring (bicyclic) bond motifs is 1. The van der Waals surface area contributed by atoms with Crippen molar-refractivity contribution >= 4 is 21.9 Å². The van der Waals surface area contributed by atoms with Crippen LogP contribution in [0.25, 0.3) is 0 Å². The monoisotopic (exact) mass is 343 g/mol. The fourth-order valence-electron chi connectivity index (χ4n) is 3.49. The first-order valence-corrected chi connectivity index (χ1v) is 9.08. The second kappa shape index (κ2) is 5.68. The Kier molecular flexibility index (Phi) is 3.96. The van der Waals surface area contributed by atoms with E-state index >= 15 is 0 Å². The Morgan fingerprint density at radius 3 is 2.57 bits per heavy atom. The molecule has 0 bridgehead atoms. The molecule has 0 saturated carbocycles. The maximum atomic E-state index is 12.9. The summed E-state index contributed by atoms with van der Waals surface area (Å²) in [6, 6.07) is -0.984. The number of sulfonamides is 1. The smallest absolute Gasteiger partial charge is 0.238 e. The lowest BCUT2D eigenvalue weighted by atomic mass is 10.0. The molecule has 1 aromatic heterocycles. The maximum Gasteiger partial charge on any atom is 0.238 e. The minimum Gasteiger partial charge on any atom is -0.358 e. The third kappa shape index (κ3) is 2.88. The molecular weight excluding hydrogens is 325 g/mol. The van der Waals surface area contributed by atoms with E-state index in [1.807, 2.05) is 4.90 Å². The summed E-state index contributed by atoms with van der Waals surface area (Å²) < 4.78 is 38.5. The number of carbonyl (C=O) groups is 1. The third-order valence-corrected chi connectivity index (χ3v) is 5.68. The average molecular weight is 343 g/mol. The standard InChI is InChI=1S/C13H18FN5O3S/c1-15-12(20)10-3-8-6-18(13-16-4-9(14)5-17-13)7-11(8)19(10)23(2,21)22/h4-5,8,10-11H,3,6-7H2,1-2H3,(H,15,20)/t8-,10-,11+/m0/s1. The van der Waals surface area contributed by atoms with Gasteiger partial charge in [-0.25, -0.2) is 22.8 Å². The van der Waals surface area contributed by atoms with Crippen molar-refractivity contribution in [2.75, 3.05) is 31.3 Å². The number of likely N-dealkylation sites (N-methyl/N-ethyl adjacent to an activating group) is 1. The van der Waals surface area contributed by atoms with Crippen LogP contribution in [0.3, 0.4) is 0 Å². The fourth-order valence-corrected chi connectivity index (χ4v) is 4.87. The van der Waals surface area contributed by atoms with Crippen molar-refractivity contribution in [3.63, 3.8) is 0 Å². The number of carbonyl (C=O) groups excluding carboxylic acids is 1. The molecular formula is C13H18FN5O3S. The van der Waals surface area contributed by atoms with Gasteiger partial charge in [0.1, 0.15) is 6.04 Å². The highest BCUT2D eigenvalue weighted by Crippen LogP contribution is 2.38. The minimum absolute atomic E-state index is 0.0145. The van der Waals surface area contributed by atoms with E-state index in [2.05, 4.69) is 15.3 Å². The molecule has 3 rings (SSSR count). The summed E-state index contributed by atoms with van der Waals surface area (Å²) in [7, 11) is -2.03. The number of nitrogens with zero attached hydrogens (tertiary/aromatic N) is 4. The van der Waals surface area contributed by atoms with E-state index in [1.54, 1.807) is 0 Å². The molecule has 0 aliphatic carbocycles. The predicted octanol–water partition coefficient (Wildman–Crippen LogP) is -0.800. The molecule has 23 heavy (non-hydrogen) atoms. The van der Waals surface area contributed by atoms with Crippen molar-refractivity contribution in [1.29, 1.82) is 0 Å². The number of amides is 1. The van der Waals surface area contributed by atoms with E-state index in [-0.39, 0.29) is 17.9 Å². The summed E-state index contributed by atoms with van der Waals surface area (Å²) in [6.45, 7) is 0.923. The molecule has 0 unspecified atom stereocenters. The van der Waals surface area contributed by atoms with Crippen LogP contribution in [0.2, 0.25) is 0 Å². The van der Waals surface area contributed by atoms with Crippen LogP contribution >= 0.6 is 0 Å². The summed E-state index contributed by atoms with van der Waals surface area (Å²) >= 11 is 0. The van der Waals surface area contributed by atoms with E-state index in [9.17, 15) is 17.6 Å². The Morgan fingerprint density at radius 2 is 2.00 bits per heavy atom. The molecule has 126 valence electrons. The Morgan fingerprint density at radius 1 is 1.35 bits per heavy atom. The van der Waals surface area contributed by atoms with Crippen LogP contribution in [-0.4, -0.2) is 67.1 Å². The highest BCUT2D eigenvalue weighted by Gasteiger charge is 2.52. The SMILES string of the molecule is CNC(=O)[C@@H]1C[C@H]2CN(c3ncc(F)cn3)C[C@H]2N1S(C)(=O)=O. The molecule has 1 amide bonds. The Labute approximate surface area is 133 Å². The van der Waals surface area contributed by atoms with Gasteiger partial charge >= 0.3 is 0 Å². The Bertz CT molecular complexity index is 711. The molecule has 0 spiro atoms. The zero-order valence-electron chi connectivity index (χ0n) is 12.8. The summed E-state index contributed by atoms with van der Waals surface area (Å²) in [5, 5.41) is 2.52. The molecule has 3 heterocycles. The molecule has 10 heteroatoms. The molecule has 2 aliphatic rings. The largest absolute Gasteiger partial charge is 0.358 e. The lowest BCUT2D eigenvalue weighted by Crippen LogP contribution is -2.49. The van der Waals surface area contributed by atoms with Crippen LogP contribution in [0, 0.1) is 11.7 Å². The van der Waals surface area contributed by atoms with Crippen LogP contribution in [0.4, 0.5) is 10.3 Å². The van der Waals surface area contributed by atoms with Gasteiger partial charge in [-0.15, -0.1) is 0 Å². The zero-order chi connectivity index (χ0) is 16.8. The quantitative estimate of drug-likeness (QED) is 0.772. The van der Waals surface area contributed by atoms with Crippen LogP contribution in [-0.2, 0) is 14.8 Å². The Balaban J connectivity index is 1.85. The second-order valence-corrected chi connectivity index (χ2v) is 7.78. The maximum absolute atomic E-state index is 12.9. The number of rotatable bonds is 3. The third-order valence-electron chi connectivity index (χ3n) is 4.39. The summed E-state index contributed by atoms with van der Waals surface area (Å²) in [4.78, 5) is 21.7. The van der Waals surface area contributed by atoms with Gasteiger partial charge in [0.2, 0.25) is 21.9 Å². The van der Waals surface area contributed by atoms with Gasteiger partial charge in [0.25, 0.3) is 0 Å². The average Bonchev–Trinajstić information content (AvgIpc) is 3.03. The van der Waals surface area contributed by atoms with Gasteiger partial charge in [-0.05, 0) is 12.3 Å². The van der Waals surface area contributed by atoms with E-state index in [1.165, 1.54) is 11.4 Å². The molecule has 3 atom stereocenters. The highest BCUT2D eigenvalue weighted by atomic mass is 32.2. The molecule has 2 saturated heterocycles. The molecule has 0 radical (unpaired) electrons. The van der Waals surface area contributed by atoms with Crippen LogP contribution in [0.15, 0.2) is 12.4 Å². The van der Waals surface area contributed by atoms with Crippen LogP contribution < -0.4 is 10.2 Å². The van der Waals surface area contributed by atoms with Gasteiger partial charge in [-0.3, -0.25) is 4.79 Å². The first-order valence-electron chi connectivity index (χ1n) is 7.24. The highest BCUT2D eigenvalue weighted by molar-refractivity contribution is 7.88. The van der Waals surface area contributed by atoms with Crippen molar-refractivity contribution in [2.24, 2.45) is 5.92 Å². The number of nitrogens with one attached hydrogen (secondary N) is 1. The van der Waals surface area contributed by atoms with E-state index in [0.717, 1.165) is 18.6 Å². The number of halogens is 1. The topological polar surface area (TPSA) is 95.5 Å². The van der Waals surface area contributed by atoms with Crippen molar-refractivity contribution in [3.05, 3.63) is 18.2 Å². The number of hydrogen-bond acceptors (Lipinski definition) is 6. The minimum atomic E-state index is -3.53. The van der Waals surface area contributed by atoms with Gasteiger partial charge in [0, 0.05) is 26.2 Å². The lowest BCUT2D eigenvalue weighted by Gasteiger charge is -2.27. The van der Waals surface area contributed by atoms with Crippen LogP contribution in [0.5, 0.6) is 0 Å². The van der Waals surface area contributed by atoms with Crippen molar-refractivity contribution < 1.29 is 17.6 Å². The van der Waals surface area contributed by atoms with Crippen molar-refractivity contribution in [3.8, 4) is 0 Å². The molecule has 8 nitrogen and oxygen atoms in total. The van der Waals surface area contributed by atoms with Gasteiger partial charge in [0.15, 0.2) is 5.82 Å². The number of aromatic nitrogens is 2. The molecule has 0 aromatic carbocycles. The predicted molar refractivity (Wildman–Crippen MR) is 80.6 cm³/mol. The van der Waals surface area contributed by atoms with E-state index in [4.69, 9.17) is 0 Å². The first kappa shape index (κ1) is 16.1. The normalized spacial score (nSPS) is 28.0. The second-order valence-electron chi connectivity index (χ2n) is 5.89. The first-order chi connectivity index (χ1) is 10.8. The van der Waals surface area contributed by atoms with E-state index < -0.39 is 21.9 Å².